The number of nitrogens with zero attached hydrogens (tertiary/aromatic N) is 3. The molecule has 0 aliphatic heterocycles. The normalized spacial score (nSPS) is 10.2. The van der Waals surface area contributed by atoms with Gasteiger partial charge >= 0.3 is 0 Å². The van der Waals surface area contributed by atoms with Gasteiger partial charge < -0.3 is 4.90 Å². The fraction of sp³-hybridized carbons (Fsp3) is 0.600. The number of aromatic nitrogens is 2. The monoisotopic (exact) mass is 257 g/mol. The first-order valence-electron chi connectivity index (χ1n) is 4.89. The molecule has 0 aliphatic rings. The second kappa shape index (κ2) is 5.96. The van der Waals surface area contributed by atoms with E-state index in [0.717, 1.165) is 36.4 Å². The molecule has 0 unspecified atom stereocenters. The molecule has 0 radical (unpaired) electrons. The molecule has 0 amide bonds. The van der Waals surface area contributed by atoms with Gasteiger partial charge in [-0.05, 0) is 25.5 Å². The van der Waals surface area contributed by atoms with Gasteiger partial charge in [-0.25, -0.2) is 0 Å². The molecule has 0 spiro atoms. The summed E-state index contributed by atoms with van der Waals surface area (Å²) in [5.41, 5.74) is 0.962. The van der Waals surface area contributed by atoms with Crippen LogP contribution < -0.4 is 4.90 Å². The highest BCUT2D eigenvalue weighted by Gasteiger charge is 2.05. The molecule has 3 nitrogen and oxygen atoms in total. The molecule has 0 fully saturated rings. The van der Waals surface area contributed by atoms with Crippen LogP contribution in [0, 0.1) is 6.92 Å². The molecule has 1 rings (SSSR count). The fourth-order valence-corrected chi connectivity index (χ4v) is 1.70. The summed E-state index contributed by atoms with van der Waals surface area (Å²) >= 11 is 3.44. The second-order valence-corrected chi connectivity index (χ2v) is 4.00. The van der Waals surface area contributed by atoms with Crippen LogP contribution in [0.1, 0.15) is 19.0 Å². The van der Waals surface area contributed by atoms with E-state index >= 15 is 0 Å². The van der Waals surface area contributed by atoms with Crippen molar-refractivity contribution in [2.24, 2.45) is 0 Å². The van der Waals surface area contributed by atoms with Crippen molar-refractivity contribution < 1.29 is 0 Å². The van der Waals surface area contributed by atoms with Gasteiger partial charge in [-0.2, -0.15) is 5.10 Å². The molecular weight excluding hydrogens is 242 g/mol. The number of aryl methyl sites for hydroxylation is 1. The number of rotatable bonds is 5. The summed E-state index contributed by atoms with van der Waals surface area (Å²) in [6.07, 6.45) is 1.13. The molecule has 0 aliphatic carbocycles. The van der Waals surface area contributed by atoms with Crippen LogP contribution in [0.2, 0.25) is 0 Å². The van der Waals surface area contributed by atoms with Gasteiger partial charge in [-0.3, -0.25) is 0 Å². The lowest BCUT2D eigenvalue weighted by Gasteiger charge is -2.21. The molecule has 0 N–H and O–H groups in total. The Hall–Kier alpha value is -0.640. The van der Waals surface area contributed by atoms with Crippen LogP contribution in [0.15, 0.2) is 12.1 Å². The zero-order chi connectivity index (χ0) is 10.4. The standard InChI is InChI=1S/C10H16BrN3/c1-3-7-14(8-6-11)10-5-4-9(2)12-13-10/h4-5H,3,6-8H2,1-2H3. The average molecular weight is 258 g/mol. The predicted molar refractivity (Wildman–Crippen MR) is 63.1 cm³/mol. The average Bonchev–Trinajstić information content (AvgIpc) is 2.19. The van der Waals surface area contributed by atoms with Crippen LogP contribution in [0.4, 0.5) is 5.82 Å². The highest BCUT2D eigenvalue weighted by atomic mass is 79.9. The number of alkyl halides is 1. The minimum absolute atomic E-state index is 0.961. The summed E-state index contributed by atoms with van der Waals surface area (Å²) in [6.45, 7) is 6.13. The number of halogens is 1. The molecule has 78 valence electrons. The van der Waals surface area contributed by atoms with Crippen molar-refractivity contribution in [1.29, 1.82) is 0 Å². The van der Waals surface area contributed by atoms with E-state index in [1.54, 1.807) is 0 Å². The maximum absolute atomic E-state index is 4.17. The molecule has 1 heterocycles. The lowest BCUT2D eigenvalue weighted by atomic mass is 10.3. The van der Waals surface area contributed by atoms with Crippen molar-refractivity contribution in [3.05, 3.63) is 17.8 Å². The zero-order valence-corrected chi connectivity index (χ0v) is 10.3. The van der Waals surface area contributed by atoms with Crippen LogP contribution in [-0.4, -0.2) is 28.6 Å². The number of anilines is 1. The molecule has 0 aromatic carbocycles. The first-order chi connectivity index (χ1) is 6.77. The van der Waals surface area contributed by atoms with Crippen molar-refractivity contribution in [1.82, 2.24) is 10.2 Å². The molecular formula is C10H16BrN3. The van der Waals surface area contributed by atoms with E-state index in [0.29, 0.717) is 0 Å². The Balaban J connectivity index is 2.71. The van der Waals surface area contributed by atoms with E-state index in [1.165, 1.54) is 0 Å². The van der Waals surface area contributed by atoms with E-state index in [1.807, 2.05) is 19.1 Å². The lowest BCUT2D eigenvalue weighted by Crippen LogP contribution is -2.27. The summed E-state index contributed by atoms with van der Waals surface area (Å²) in [6, 6.07) is 4.03. The van der Waals surface area contributed by atoms with Crippen molar-refractivity contribution in [3.63, 3.8) is 0 Å². The van der Waals surface area contributed by atoms with Crippen molar-refractivity contribution in [2.75, 3.05) is 23.3 Å². The Morgan fingerprint density at radius 3 is 2.57 bits per heavy atom. The first kappa shape index (κ1) is 11.4. The van der Waals surface area contributed by atoms with E-state index < -0.39 is 0 Å². The smallest absolute Gasteiger partial charge is 0.151 e. The zero-order valence-electron chi connectivity index (χ0n) is 8.70. The Kier molecular flexibility index (Phi) is 4.87. The van der Waals surface area contributed by atoms with E-state index in [2.05, 4.69) is 38.0 Å². The third-order valence-corrected chi connectivity index (χ3v) is 2.31. The largest absolute Gasteiger partial charge is 0.354 e. The quantitative estimate of drug-likeness (QED) is 0.759. The van der Waals surface area contributed by atoms with Crippen LogP contribution in [-0.2, 0) is 0 Å². The fourth-order valence-electron chi connectivity index (χ4n) is 1.27. The molecule has 0 saturated heterocycles. The molecule has 4 heteroatoms. The third-order valence-electron chi connectivity index (χ3n) is 1.96. The molecule has 1 aromatic heterocycles. The number of hydrogen-bond acceptors (Lipinski definition) is 3. The SMILES string of the molecule is CCCN(CCBr)c1ccc(C)nn1. The van der Waals surface area contributed by atoms with Crippen LogP contribution >= 0.6 is 15.9 Å². The van der Waals surface area contributed by atoms with Gasteiger partial charge in [0, 0.05) is 18.4 Å². The summed E-state index contributed by atoms with van der Waals surface area (Å²) in [7, 11) is 0. The summed E-state index contributed by atoms with van der Waals surface area (Å²) in [4.78, 5) is 2.24. The van der Waals surface area contributed by atoms with Crippen molar-refractivity contribution in [3.8, 4) is 0 Å². The van der Waals surface area contributed by atoms with Crippen LogP contribution in [0.5, 0.6) is 0 Å². The third kappa shape index (κ3) is 3.25. The summed E-state index contributed by atoms with van der Waals surface area (Å²) in [5.74, 6) is 0.969. The number of hydrogen-bond donors (Lipinski definition) is 0. The Bertz CT molecular complexity index is 255. The Labute approximate surface area is 93.7 Å². The van der Waals surface area contributed by atoms with E-state index in [4.69, 9.17) is 0 Å². The molecule has 0 atom stereocenters. The van der Waals surface area contributed by atoms with Gasteiger partial charge in [0.1, 0.15) is 0 Å². The lowest BCUT2D eigenvalue weighted by molar-refractivity contribution is 0.769. The maximum atomic E-state index is 4.17. The van der Waals surface area contributed by atoms with Gasteiger partial charge in [0.15, 0.2) is 5.82 Å². The highest BCUT2D eigenvalue weighted by Crippen LogP contribution is 2.09. The highest BCUT2D eigenvalue weighted by molar-refractivity contribution is 9.09. The van der Waals surface area contributed by atoms with Crippen molar-refractivity contribution >= 4 is 21.7 Å². The van der Waals surface area contributed by atoms with Gasteiger partial charge in [0.2, 0.25) is 0 Å². The summed E-state index contributed by atoms with van der Waals surface area (Å²) in [5, 5.41) is 9.19. The van der Waals surface area contributed by atoms with Gasteiger partial charge in [0.05, 0.1) is 5.69 Å². The van der Waals surface area contributed by atoms with Crippen molar-refractivity contribution in [2.45, 2.75) is 20.3 Å². The molecule has 0 bridgehead atoms. The Morgan fingerprint density at radius 1 is 1.29 bits per heavy atom. The summed E-state index contributed by atoms with van der Waals surface area (Å²) < 4.78 is 0. The minimum atomic E-state index is 0.961. The first-order valence-corrected chi connectivity index (χ1v) is 6.01. The van der Waals surface area contributed by atoms with Gasteiger partial charge in [-0.1, -0.05) is 22.9 Å². The molecule has 1 aromatic rings. The minimum Gasteiger partial charge on any atom is -0.354 e. The Morgan fingerprint density at radius 2 is 2.07 bits per heavy atom. The molecule has 14 heavy (non-hydrogen) atoms. The van der Waals surface area contributed by atoms with Gasteiger partial charge in [-0.15, -0.1) is 5.10 Å². The predicted octanol–water partition coefficient (Wildman–Crippen LogP) is 2.40. The maximum Gasteiger partial charge on any atom is 0.151 e. The van der Waals surface area contributed by atoms with Crippen LogP contribution in [0.3, 0.4) is 0 Å². The molecule has 0 saturated carbocycles. The van der Waals surface area contributed by atoms with Gasteiger partial charge in [0.25, 0.3) is 0 Å². The van der Waals surface area contributed by atoms with Crippen LogP contribution in [0.25, 0.3) is 0 Å². The van der Waals surface area contributed by atoms with E-state index in [-0.39, 0.29) is 0 Å². The van der Waals surface area contributed by atoms with E-state index in [9.17, 15) is 0 Å². The second-order valence-electron chi connectivity index (χ2n) is 3.21. The topological polar surface area (TPSA) is 29.0 Å².